The van der Waals surface area contributed by atoms with Crippen LogP contribution in [0.25, 0.3) is 0 Å². The molecule has 98 valence electrons. The second kappa shape index (κ2) is 5.47. The monoisotopic (exact) mass is 295 g/mol. The molecule has 0 atom stereocenters. The molecule has 0 aliphatic carbocycles. The molecule has 19 heavy (non-hydrogen) atoms. The number of nitrogens with zero attached hydrogens (tertiary/aromatic N) is 1. The number of hydrogen-bond donors (Lipinski definition) is 2. The molecule has 0 spiro atoms. The fourth-order valence-corrected chi connectivity index (χ4v) is 2.13. The molecule has 4 nitrogen and oxygen atoms in total. The van der Waals surface area contributed by atoms with Crippen molar-refractivity contribution in [3.63, 3.8) is 0 Å². The number of amides is 1. The maximum atomic E-state index is 12.1. The molecule has 2 rings (SSSR count). The van der Waals surface area contributed by atoms with Gasteiger partial charge in [-0.2, -0.15) is 0 Å². The highest BCUT2D eigenvalue weighted by molar-refractivity contribution is 6.35. The number of hydrogen-bond acceptors (Lipinski definition) is 3. The molecule has 3 N–H and O–H groups in total. The first kappa shape index (κ1) is 13.6. The average molecular weight is 296 g/mol. The van der Waals surface area contributed by atoms with Crippen molar-refractivity contribution >= 4 is 40.5 Å². The average Bonchev–Trinajstić information content (AvgIpc) is 2.30. The van der Waals surface area contributed by atoms with Gasteiger partial charge in [0.25, 0.3) is 5.91 Å². The lowest BCUT2D eigenvalue weighted by Gasteiger charge is -2.08. The zero-order valence-electron chi connectivity index (χ0n) is 10.1. The maximum absolute atomic E-state index is 12.1. The summed E-state index contributed by atoms with van der Waals surface area (Å²) in [5, 5.41) is 3.60. The van der Waals surface area contributed by atoms with Crippen molar-refractivity contribution in [3.05, 3.63) is 51.8 Å². The van der Waals surface area contributed by atoms with E-state index in [4.69, 9.17) is 28.9 Å². The predicted octanol–water partition coefficient (Wildman–Crippen LogP) is 3.53. The summed E-state index contributed by atoms with van der Waals surface area (Å²) in [6.45, 7) is 1.74. The van der Waals surface area contributed by atoms with Crippen LogP contribution in [-0.2, 0) is 0 Å². The van der Waals surface area contributed by atoms with Crippen LogP contribution in [0.3, 0.4) is 0 Å². The summed E-state index contributed by atoms with van der Waals surface area (Å²) >= 11 is 11.7. The van der Waals surface area contributed by atoms with Crippen molar-refractivity contribution in [1.82, 2.24) is 4.98 Å². The van der Waals surface area contributed by atoms with Crippen LogP contribution in [0, 0.1) is 6.92 Å². The lowest BCUT2D eigenvalue weighted by atomic mass is 10.1. The van der Waals surface area contributed by atoms with Crippen LogP contribution >= 0.6 is 23.2 Å². The Morgan fingerprint density at radius 3 is 2.47 bits per heavy atom. The first-order valence-electron chi connectivity index (χ1n) is 5.45. The van der Waals surface area contributed by atoms with E-state index in [1.165, 1.54) is 6.20 Å². The van der Waals surface area contributed by atoms with Crippen molar-refractivity contribution in [3.8, 4) is 0 Å². The topological polar surface area (TPSA) is 68.0 Å². The molecule has 0 radical (unpaired) electrons. The third kappa shape index (κ3) is 3.36. The van der Waals surface area contributed by atoms with E-state index in [2.05, 4.69) is 10.3 Å². The molecule has 1 heterocycles. The first-order chi connectivity index (χ1) is 8.95. The van der Waals surface area contributed by atoms with E-state index in [1.54, 1.807) is 31.2 Å². The van der Waals surface area contributed by atoms with Crippen LogP contribution in [0.2, 0.25) is 10.0 Å². The van der Waals surface area contributed by atoms with Gasteiger partial charge < -0.3 is 11.1 Å². The number of nitrogen functional groups attached to an aromatic ring is 1. The molecule has 2 aromatic rings. The van der Waals surface area contributed by atoms with Gasteiger partial charge in [-0.3, -0.25) is 9.78 Å². The van der Waals surface area contributed by atoms with Crippen molar-refractivity contribution in [2.45, 2.75) is 6.92 Å². The lowest BCUT2D eigenvalue weighted by Crippen LogP contribution is -2.14. The van der Waals surface area contributed by atoms with Gasteiger partial charge in [0.15, 0.2) is 0 Å². The van der Waals surface area contributed by atoms with Crippen LogP contribution in [0.15, 0.2) is 30.5 Å². The number of nitrogens with two attached hydrogens (primary N) is 1. The fraction of sp³-hybridized carbons (Fsp3) is 0.0769. The van der Waals surface area contributed by atoms with Crippen molar-refractivity contribution in [1.29, 1.82) is 0 Å². The van der Waals surface area contributed by atoms with Gasteiger partial charge in [-0.1, -0.05) is 23.2 Å². The zero-order valence-corrected chi connectivity index (χ0v) is 11.6. The van der Waals surface area contributed by atoms with Crippen LogP contribution in [-0.4, -0.2) is 10.9 Å². The third-order valence-corrected chi connectivity index (χ3v) is 2.91. The third-order valence-electron chi connectivity index (χ3n) is 2.47. The molecule has 0 aliphatic heterocycles. The fourth-order valence-electron chi connectivity index (χ4n) is 1.60. The van der Waals surface area contributed by atoms with Crippen molar-refractivity contribution in [2.24, 2.45) is 0 Å². The number of benzene rings is 1. The van der Waals surface area contributed by atoms with Gasteiger partial charge in [-0.25, -0.2) is 0 Å². The number of halogens is 2. The minimum atomic E-state index is -0.310. The number of rotatable bonds is 2. The van der Waals surface area contributed by atoms with E-state index in [-0.39, 0.29) is 5.91 Å². The number of aromatic nitrogens is 1. The van der Waals surface area contributed by atoms with E-state index >= 15 is 0 Å². The quantitative estimate of drug-likeness (QED) is 0.890. The molecule has 0 unspecified atom stereocenters. The molecule has 1 aromatic carbocycles. The van der Waals surface area contributed by atoms with Gasteiger partial charge in [0.2, 0.25) is 0 Å². The highest BCUT2D eigenvalue weighted by Gasteiger charge is 2.11. The largest absolute Gasteiger partial charge is 0.397 e. The molecule has 0 saturated carbocycles. The van der Waals surface area contributed by atoms with Crippen molar-refractivity contribution < 1.29 is 4.79 Å². The summed E-state index contributed by atoms with van der Waals surface area (Å²) < 4.78 is 0. The normalized spacial score (nSPS) is 10.3. The molecule has 1 amide bonds. The molecule has 0 aliphatic rings. The van der Waals surface area contributed by atoms with E-state index < -0.39 is 0 Å². The minimum Gasteiger partial charge on any atom is -0.397 e. The highest BCUT2D eigenvalue weighted by atomic mass is 35.5. The highest BCUT2D eigenvalue weighted by Crippen LogP contribution is 2.23. The molecule has 0 fully saturated rings. The van der Waals surface area contributed by atoms with Crippen LogP contribution in [0.5, 0.6) is 0 Å². The Hall–Kier alpha value is -1.78. The second-order valence-corrected chi connectivity index (χ2v) is 4.89. The Morgan fingerprint density at radius 2 is 1.84 bits per heavy atom. The van der Waals surface area contributed by atoms with Gasteiger partial charge >= 0.3 is 0 Å². The van der Waals surface area contributed by atoms with Crippen LogP contribution in [0.1, 0.15) is 16.1 Å². The molecule has 1 aromatic heterocycles. The summed E-state index contributed by atoms with van der Waals surface area (Å²) in [4.78, 5) is 16.2. The standard InChI is InChI=1S/C13H11Cl2N3O/c1-7-12(5-10(16)6-17-7)13(19)18-11-3-8(14)2-9(15)4-11/h2-6H,16H2,1H3,(H,18,19). The molecular weight excluding hydrogens is 285 g/mol. The van der Waals surface area contributed by atoms with Gasteiger partial charge in [-0.15, -0.1) is 0 Å². The zero-order chi connectivity index (χ0) is 14.0. The van der Waals surface area contributed by atoms with E-state index in [0.29, 0.717) is 32.7 Å². The Labute approximate surface area is 120 Å². The number of carbonyl (C=O) groups is 1. The maximum Gasteiger partial charge on any atom is 0.257 e. The minimum absolute atomic E-state index is 0.310. The SMILES string of the molecule is Cc1ncc(N)cc1C(=O)Nc1cc(Cl)cc(Cl)c1. The second-order valence-electron chi connectivity index (χ2n) is 4.01. The van der Waals surface area contributed by atoms with Gasteiger partial charge in [0.1, 0.15) is 0 Å². The summed E-state index contributed by atoms with van der Waals surface area (Å²) in [5.74, 6) is -0.310. The van der Waals surface area contributed by atoms with Gasteiger partial charge in [-0.05, 0) is 31.2 Å². The Kier molecular flexibility index (Phi) is 3.93. The summed E-state index contributed by atoms with van der Waals surface area (Å²) in [7, 11) is 0. The Morgan fingerprint density at radius 1 is 1.21 bits per heavy atom. The summed E-state index contributed by atoms with van der Waals surface area (Å²) in [5.41, 5.74) is 7.58. The molecule has 0 saturated heterocycles. The Bertz CT molecular complexity index is 624. The van der Waals surface area contributed by atoms with Crippen LogP contribution < -0.4 is 11.1 Å². The van der Waals surface area contributed by atoms with Gasteiger partial charge in [0.05, 0.1) is 23.1 Å². The summed E-state index contributed by atoms with van der Waals surface area (Å²) in [6.07, 6.45) is 1.50. The smallest absolute Gasteiger partial charge is 0.257 e. The van der Waals surface area contributed by atoms with E-state index in [0.717, 1.165) is 0 Å². The molecular formula is C13H11Cl2N3O. The number of aryl methyl sites for hydroxylation is 1. The summed E-state index contributed by atoms with van der Waals surface area (Å²) in [6, 6.07) is 6.39. The predicted molar refractivity (Wildman–Crippen MR) is 77.8 cm³/mol. The lowest BCUT2D eigenvalue weighted by molar-refractivity contribution is 0.102. The number of pyridine rings is 1. The molecule has 0 bridgehead atoms. The Balaban J connectivity index is 2.28. The van der Waals surface area contributed by atoms with Gasteiger partial charge in [0, 0.05) is 15.7 Å². The number of carbonyl (C=O) groups excluding carboxylic acids is 1. The van der Waals surface area contributed by atoms with E-state index in [1.807, 2.05) is 0 Å². The number of anilines is 2. The van der Waals surface area contributed by atoms with E-state index in [9.17, 15) is 4.79 Å². The van der Waals surface area contributed by atoms with Crippen LogP contribution in [0.4, 0.5) is 11.4 Å². The van der Waals surface area contributed by atoms with Crippen molar-refractivity contribution in [2.75, 3.05) is 11.1 Å². The molecule has 6 heteroatoms. The first-order valence-corrected chi connectivity index (χ1v) is 6.21. The number of nitrogens with one attached hydrogen (secondary N) is 1.